The molecule has 1 amide bonds. The van der Waals surface area contributed by atoms with Crippen molar-refractivity contribution in [3.8, 4) is 0 Å². The Balaban J connectivity index is 1.88. The van der Waals surface area contributed by atoms with Gasteiger partial charge in [-0.15, -0.1) is 11.3 Å². The van der Waals surface area contributed by atoms with Crippen molar-refractivity contribution in [1.29, 1.82) is 0 Å². The third kappa shape index (κ3) is 3.37. The number of piperidine rings is 1. The molecule has 2 aromatic rings. The normalized spacial score (nSPS) is 18.0. The molecule has 0 radical (unpaired) electrons. The first-order valence-corrected chi connectivity index (χ1v) is 8.80. The van der Waals surface area contributed by atoms with Gasteiger partial charge in [0, 0.05) is 43.5 Å². The van der Waals surface area contributed by atoms with Gasteiger partial charge in [0.2, 0.25) is 0 Å². The van der Waals surface area contributed by atoms with E-state index in [0.717, 1.165) is 42.3 Å². The molecule has 2 aromatic heterocycles. The number of aryl methyl sites for hydroxylation is 1. The number of aromatic nitrogens is 2. The highest BCUT2D eigenvalue weighted by Gasteiger charge is 2.30. The minimum absolute atomic E-state index is 0.0769. The van der Waals surface area contributed by atoms with E-state index in [4.69, 9.17) is 0 Å². The Morgan fingerprint density at radius 2 is 2.22 bits per heavy atom. The molecular weight excluding hydrogens is 308 g/mol. The molecule has 122 valence electrons. The van der Waals surface area contributed by atoms with Gasteiger partial charge in [-0.2, -0.15) is 0 Å². The van der Waals surface area contributed by atoms with Crippen LogP contribution in [0.5, 0.6) is 0 Å². The fourth-order valence-corrected chi connectivity index (χ4v) is 3.86. The van der Waals surface area contributed by atoms with Gasteiger partial charge in [0.15, 0.2) is 0 Å². The zero-order valence-electron chi connectivity index (χ0n) is 13.8. The van der Waals surface area contributed by atoms with Crippen LogP contribution >= 0.6 is 11.3 Å². The molecular formula is C17H22N4OS. The third-order valence-electron chi connectivity index (χ3n) is 4.14. The highest BCUT2D eigenvalue weighted by molar-refractivity contribution is 7.09. The van der Waals surface area contributed by atoms with E-state index in [2.05, 4.69) is 15.3 Å². The lowest BCUT2D eigenvalue weighted by Gasteiger charge is -2.34. The van der Waals surface area contributed by atoms with Crippen molar-refractivity contribution in [2.45, 2.75) is 32.2 Å². The summed E-state index contributed by atoms with van der Waals surface area (Å²) in [6.45, 7) is 2.79. The maximum absolute atomic E-state index is 13.0. The third-order valence-corrected chi connectivity index (χ3v) is 5.20. The van der Waals surface area contributed by atoms with Gasteiger partial charge in [0.25, 0.3) is 5.91 Å². The van der Waals surface area contributed by atoms with Crippen molar-refractivity contribution in [1.82, 2.24) is 14.9 Å². The number of hydrogen-bond acceptors (Lipinski definition) is 5. The number of amides is 1. The summed E-state index contributed by atoms with van der Waals surface area (Å²) in [6.07, 6.45) is 4.89. The van der Waals surface area contributed by atoms with Crippen LogP contribution in [0.25, 0.3) is 0 Å². The van der Waals surface area contributed by atoms with Crippen LogP contribution in [-0.4, -0.2) is 41.4 Å². The molecule has 0 saturated carbocycles. The average molecular weight is 330 g/mol. The lowest BCUT2D eigenvalue weighted by molar-refractivity contribution is 0.0611. The van der Waals surface area contributed by atoms with Gasteiger partial charge in [-0.05, 0) is 38.3 Å². The second-order valence-corrected chi connectivity index (χ2v) is 7.02. The number of anilines is 1. The summed E-state index contributed by atoms with van der Waals surface area (Å²) in [7, 11) is 3.86. The molecule has 1 saturated heterocycles. The van der Waals surface area contributed by atoms with E-state index in [1.165, 1.54) is 0 Å². The van der Waals surface area contributed by atoms with E-state index < -0.39 is 0 Å². The number of likely N-dealkylation sites (tertiary alicyclic amines) is 1. The molecule has 1 aliphatic rings. The molecule has 3 heterocycles. The Bertz CT molecular complexity index is 697. The first-order valence-electron chi connectivity index (χ1n) is 7.92. The number of pyridine rings is 1. The smallest absolute Gasteiger partial charge is 0.254 e. The van der Waals surface area contributed by atoms with Crippen molar-refractivity contribution >= 4 is 23.1 Å². The van der Waals surface area contributed by atoms with Gasteiger partial charge >= 0.3 is 0 Å². The predicted octanol–water partition coefficient (Wildman–Crippen LogP) is 3.28. The zero-order chi connectivity index (χ0) is 16.4. The Morgan fingerprint density at radius 3 is 2.91 bits per heavy atom. The quantitative estimate of drug-likeness (QED) is 0.866. The number of rotatable bonds is 3. The fourth-order valence-electron chi connectivity index (χ4n) is 2.92. The van der Waals surface area contributed by atoms with Crippen molar-refractivity contribution < 1.29 is 4.79 Å². The second kappa shape index (κ2) is 6.66. The second-order valence-electron chi connectivity index (χ2n) is 6.13. The molecule has 0 aromatic carbocycles. The summed E-state index contributed by atoms with van der Waals surface area (Å²) >= 11 is 1.65. The Labute approximate surface area is 141 Å². The molecule has 0 aliphatic carbocycles. The lowest BCUT2D eigenvalue weighted by atomic mass is 10.0. The van der Waals surface area contributed by atoms with Crippen LogP contribution in [0.2, 0.25) is 0 Å². The monoisotopic (exact) mass is 330 g/mol. The van der Waals surface area contributed by atoms with Crippen LogP contribution in [0.1, 0.15) is 46.4 Å². The molecule has 1 fully saturated rings. The molecule has 1 aliphatic heterocycles. The molecule has 6 heteroatoms. The van der Waals surface area contributed by atoms with Gasteiger partial charge in [-0.3, -0.25) is 4.79 Å². The maximum Gasteiger partial charge on any atom is 0.254 e. The number of nitrogens with zero attached hydrogens (tertiary/aromatic N) is 4. The lowest BCUT2D eigenvalue weighted by Crippen LogP contribution is -2.38. The topological polar surface area (TPSA) is 49.3 Å². The summed E-state index contributed by atoms with van der Waals surface area (Å²) in [5.41, 5.74) is 1.73. The summed E-state index contributed by atoms with van der Waals surface area (Å²) in [5.74, 6) is 0.877. The zero-order valence-corrected chi connectivity index (χ0v) is 14.6. The van der Waals surface area contributed by atoms with Crippen LogP contribution in [0.4, 0.5) is 5.82 Å². The summed E-state index contributed by atoms with van der Waals surface area (Å²) in [4.78, 5) is 25.8. The maximum atomic E-state index is 13.0. The van der Waals surface area contributed by atoms with Crippen LogP contribution in [0.3, 0.4) is 0 Å². The number of hydrogen-bond donors (Lipinski definition) is 0. The first kappa shape index (κ1) is 15.9. The van der Waals surface area contributed by atoms with Crippen LogP contribution in [-0.2, 0) is 0 Å². The van der Waals surface area contributed by atoms with E-state index in [-0.39, 0.29) is 11.9 Å². The van der Waals surface area contributed by atoms with Crippen LogP contribution in [0, 0.1) is 6.92 Å². The highest BCUT2D eigenvalue weighted by Crippen LogP contribution is 2.33. The van der Waals surface area contributed by atoms with E-state index in [1.807, 2.05) is 36.9 Å². The standard InChI is InChI=1S/C17H22N4OS/c1-12-11-23-16(19-12)14-6-4-5-9-21(14)17(22)13-7-8-18-15(10-13)20(2)3/h7-8,10-11,14H,4-6,9H2,1-3H3/t14-/m1/s1. The summed E-state index contributed by atoms with van der Waals surface area (Å²) in [6, 6.07) is 3.76. The SMILES string of the molecule is Cc1csc([C@H]2CCCCN2C(=O)c2ccnc(N(C)C)c2)n1. The first-order chi connectivity index (χ1) is 11.1. The van der Waals surface area contributed by atoms with Crippen molar-refractivity contribution in [3.05, 3.63) is 40.0 Å². The minimum Gasteiger partial charge on any atom is -0.363 e. The number of carbonyl (C=O) groups excluding carboxylic acids is 1. The van der Waals surface area contributed by atoms with Crippen molar-refractivity contribution in [2.24, 2.45) is 0 Å². The average Bonchev–Trinajstić information content (AvgIpc) is 3.00. The Kier molecular flexibility index (Phi) is 4.61. The molecule has 23 heavy (non-hydrogen) atoms. The van der Waals surface area contributed by atoms with E-state index in [1.54, 1.807) is 23.6 Å². The molecule has 0 bridgehead atoms. The largest absolute Gasteiger partial charge is 0.363 e. The molecule has 3 rings (SSSR count). The van der Waals surface area contributed by atoms with Gasteiger partial charge in [-0.1, -0.05) is 0 Å². The van der Waals surface area contributed by atoms with Crippen molar-refractivity contribution in [3.63, 3.8) is 0 Å². The summed E-state index contributed by atoms with van der Waals surface area (Å²) in [5, 5.41) is 3.11. The predicted molar refractivity (Wildman–Crippen MR) is 93.0 cm³/mol. The van der Waals surface area contributed by atoms with Crippen LogP contribution in [0.15, 0.2) is 23.7 Å². The molecule has 5 nitrogen and oxygen atoms in total. The van der Waals surface area contributed by atoms with E-state index in [0.29, 0.717) is 5.56 Å². The van der Waals surface area contributed by atoms with Gasteiger partial charge in [0.1, 0.15) is 10.8 Å². The fraction of sp³-hybridized carbons (Fsp3) is 0.471. The van der Waals surface area contributed by atoms with Gasteiger partial charge < -0.3 is 9.80 Å². The van der Waals surface area contributed by atoms with Crippen molar-refractivity contribution in [2.75, 3.05) is 25.5 Å². The molecule has 0 N–H and O–H groups in total. The molecule has 0 spiro atoms. The highest BCUT2D eigenvalue weighted by atomic mass is 32.1. The Hall–Kier alpha value is -1.95. The number of thiazole rings is 1. The molecule has 0 unspecified atom stereocenters. The minimum atomic E-state index is 0.0769. The van der Waals surface area contributed by atoms with E-state index >= 15 is 0 Å². The van der Waals surface area contributed by atoms with Crippen LogP contribution < -0.4 is 4.90 Å². The Morgan fingerprint density at radius 1 is 1.39 bits per heavy atom. The number of carbonyl (C=O) groups is 1. The van der Waals surface area contributed by atoms with E-state index in [9.17, 15) is 4.79 Å². The van der Waals surface area contributed by atoms with Gasteiger partial charge in [-0.25, -0.2) is 9.97 Å². The molecule has 1 atom stereocenters. The summed E-state index contributed by atoms with van der Waals surface area (Å²) < 4.78 is 0. The van der Waals surface area contributed by atoms with Gasteiger partial charge in [0.05, 0.1) is 6.04 Å².